The second kappa shape index (κ2) is 11.2. The van der Waals surface area contributed by atoms with Gasteiger partial charge < -0.3 is 10.6 Å². The minimum atomic E-state index is 0. The van der Waals surface area contributed by atoms with Gasteiger partial charge in [0, 0.05) is 37.1 Å². The molecule has 146 valence electrons. The fourth-order valence-electron chi connectivity index (χ4n) is 2.78. The predicted octanol–water partition coefficient (Wildman–Crippen LogP) is 3.39. The number of halogens is 1. The van der Waals surface area contributed by atoms with Crippen molar-refractivity contribution in [2.45, 2.75) is 26.7 Å². The number of aliphatic imine (C=N–C) groups is 1. The van der Waals surface area contributed by atoms with Crippen LogP contribution in [0.1, 0.15) is 24.5 Å². The maximum atomic E-state index is 4.73. The molecule has 0 radical (unpaired) electrons. The van der Waals surface area contributed by atoms with Gasteiger partial charge in [-0.3, -0.25) is 9.39 Å². The molecular formula is C19H27IN6S. The number of thiophene rings is 1. The van der Waals surface area contributed by atoms with Gasteiger partial charge in [-0.1, -0.05) is 19.1 Å². The first kappa shape index (κ1) is 21.6. The molecule has 3 aromatic rings. The average molecular weight is 498 g/mol. The minimum Gasteiger partial charge on any atom is -0.357 e. The number of pyridine rings is 1. The molecule has 3 heterocycles. The third-order valence-corrected chi connectivity index (χ3v) is 4.96. The van der Waals surface area contributed by atoms with Crippen LogP contribution < -0.4 is 10.6 Å². The lowest BCUT2D eigenvalue weighted by molar-refractivity contribution is 0.594. The molecule has 6 nitrogen and oxygen atoms in total. The molecule has 8 heteroatoms. The van der Waals surface area contributed by atoms with E-state index in [2.05, 4.69) is 52.2 Å². The fourth-order valence-corrected chi connectivity index (χ4v) is 3.65. The summed E-state index contributed by atoms with van der Waals surface area (Å²) in [5, 5.41) is 17.3. The van der Waals surface area contributed by atoms with Gasteiger partial charge in [0.1, 0.15) is 5.82 Å². The number of nitrogens with one attached hydrogen (secondary N) is 2. The Labute approximate surface area is 181 Å². The Morgan fingerprint density at radius 1 is 1.22 bits per heavy atom. The number of fused-ring (bicyclic) bond motifs is 1. The molecule has 0 saturated carbocycles. The van der Waals surface area contributed by atoms with E-state index in [0.717, 1.165) is 49.9 Å². The average Bonchev–Trinajstić information content (AvgIpc) is 3.30. The number of guanidine groups is 1. The molecule has 0 aliphatic rings. The van der Waals surface area contributed by atoms with E-state index in [0.29, 0.717) is 5.92 Å². The SMILES string of the molecule is CCNC(=NCC(C)Cc1cccs1)NCCc1nnc2ccccn12.I. The topological polar surface area (TPSA) is 66.6 Å². The van der Waals surface area contributed by atoms with E-state index in [1.807, 2.05) is 40.1 Å². The lowest BCUT2D eigenvalue weighted by atomic mass is 10.1. The molecule has 27 heavy (non-hydrogen) atoms. The zero-order valence-electron chi connectivity index (χ0n) is 15.8. The molecule has 0 aromatic carbocycles. The Kier molecular flexibility index (Phi) is 8.99. The van der Waals surface area contributed by atoms with E-state index in [4.69, 9.17) is 4.99 Å². The maximum absolute atomic E-state index is 4.73. The van der Waals surface area contributed by atoms with Crippen LogP contribution in [0.3, 0.4) is 0 Å². The van der Waals surface area contributed by atoms with Crippen molar-refractivity contribution in [3.8, 4) is 0 Å². The van der Waals surface area contributed by atoms with E-state index in [1.54, 1.807) is 0 Å². The first-order valence-corrected chi connectivity index (χ1v) is 9.97. The highest BCUT2D eigenvalue weighted by molar-refractivity contribution is 14.0. The van der Waals surface area contributed by atoms with Crippen LogP contribution in [0.4, 0.5) is 0 Å². The Balaban J connectivity index is 0.00000261. The van der Waals surface area contributed by atoms with Gasteiger partial charge in [-0.25, -0.2) is 0 Å². The lowest BCUT2D eigenvalue weighted by Crippen LogP contribution is -2.38. The normalized spacial score (nSPS) is 12.6. The van der Waals surface area contributed by atoms with Crippen LogP contribution in [-0.4, -0.2) is 40.2 Å². The molecule has 1 unspecified atom stereocenters. The zero-order chi connectivity index (χ0) is 18.2. The standard InChI is InChI=1S/C19H26N6S.HI/c1-3-20-19(22-14-15(2)13-16-7-6-12-26-16)21-10-9-18-24-23-17-8-4-5-11-25(17)18;/h4-8,11-12,15H,3,9-10,13-14H2,1-2H3,(H2,20,21,22);1H. The van der Waals surface area contributed by atoms with Gasteiger partial charge in [-0.05, 0) is 42.8 Å². The summed E-state index contributed by atoms with van der Waals surface area (Å²) in [6, 6.07) is 10.2. The molecule has 0 aliphatic carbocycles. The van der Waals surface area contributed by atoms with Crippen LogP contribution in [0.2, 0.25) is 0 Å². The molecule has 0 aliphatic heterocycles. The Morgan fingerprint density at radius 3 is 2.89 bits per heavy atom. The summed E-state index contributed by atoms with van der Waals surface area (Å²) in [5.41, 5.74) is 0.880. The van der Waals surface area contributed by atoms with Crippen molar-refractivity contribution in [3.05, 3.63) is 52.6 Å². The number of nitrogens with zero attached hydrogens (tertiary/aromatic N) is 4. The van der Waals surface area contributed by atoms with E-state index < -0.39 is 0 Å². The molecule has 3 aromatic heterocycles. The summed E-state index contributed by atoms with van der Waals surface area (Å²) >= 11 is 1.81. The highest BCUT2D eigenvalue weighted by Crippen LogP contribution is 2.14. The second-order valence-electron chi connectivity index (χ2n) is 6.33. The molecule has 3 rings (SSSR count). The third-order valence-electron chi connectivity index (χ3n) is 4.06. The molecule has 0 spiro atoms. The summed E-state index contributed by atoms with van der Waals surface area (Å²) in [7, 11) is 0. The maximum Gasteiger partial charge on any atom is 0.191 e. The first-order valence-electron chi connectivity index (χ1n) is 9.09. The number of aromatic nitrogens is 3. The molecule has 0 saturated heterocycles. The largest absolute Gasteiger partial charge is 0.357 e. The first-order chi connectivity index (χ1) is 12.8. The smallest absolute Gasteiger partial charge is 0.191 e. The van der Waals surface area contributed by atoms with Crippen molar-refractivity contribution >= 4 is 46.9 Å². The zero-order valence-corrected chi connectivity index (χ0v) is 18.9. The summed E-state index contributed by atoms with van der Waals surface area (Å²) in [6.07, 6.45) is 3.86. The highest BCUT2D eigenvalue weighted by Gasteiger charge is 2.07. The van der Waals surface area contributed by atoms with E-state index in [1.165, 1.54) is 4.88 Å². The summed E-state index contributed by atoms with van der Waals surface area (Å²) in [5.74, 6) is 2.33. The quantitative estimate of drug-likeness (QED) is 0.284. The van der Waals surface area contributed by atoms with Gasteiger partial charge in [0.15, 0.2) is 11.6 Å². The van der Waals surface area contributed by atoms with Gasteiger partial charge in [0.05, 0.1) is 0 Å². The lowest BCUT2D eigenvalue weighted by Gasteiger charge is -2.13. The molecule has 2 N–H and O–H groups in total. The van der Waals surface area contributed by atoms with Crippen molar-refractivity contribution in [1.29, 1.82) is 0 Å². The second-order valence-corrected chi connectivity index (χ2v) is 7.36. The van der Waals surface area contributed by atoms with Gasteiger partial charge in [0.2, 0.25) is 0 Å². The van der Waals surface area contributed by atoms with Crippen molar-refractivity contribution in [2.24, 2.45) is 10.9 Å². The molecule has 0 amide bonds. The molecule has 1 atom stereocenters. The molecular weight excluding hydrogens is 471 g/mol. The Morgan fingerprint density at radius 2 is 2.11 bits per heavy atom. The Hall–Kier alpha value is -1.68. The molecule has 0 fully saturated rings. The number of rotatable bonds is 8. The van der Waals surface area contributed by atoms with Crippen LogP contribution >= 0.6 is 35.3 Å². The number of hydrogen-bond acceptors (Lipinski definition) is 4. The van der Waals surface area contributed by atoms with Crippen molar-refractivity contribution in [3.63, 3.8) is 0 Å². The predicted molar refractivity (Wildman–Crippen MR) is 123 cm³/mol. The van der Waals surface area contributed by atoms with Crippen molar-refractivity contribution < 1.29 is 0 Å². The van der Waals surface area contributed by atoms with Crippen molar-refractivity contribution in [2.75, 3.05) is 19.6 Å². The van der Waals surface area contributed by atoms with Crippen LogP contribution in [-0.2, 0) is 12.8 Å². The fraction of sp³-hybridized carbons (Fsp3) is 0.421. The summed E-state index contributed by atoms with van der Waals surface area (Å²) in [6.45, 7) is 6.74. The summed E-state index contributed by atoms with van der Waals surface area (Å²) in [4.78, 5) is 6.15. The van der Waals surface area contributed by atoms with Gasteiger partial charge in [-0.15, -0.1) is 45.5 Å². The van der Waals surface area contributed by atoms with E-state index in [9.17, 15) is 0 Å². The van der Waals surface area contributed by atoms with Crippen LogP contribution in [0.25, 0.3) is 5.65 Å². The summed E-state index contributed by atoms with van der Waals surface area (Å²) < 4.78 is 2.02. The Bertz CT molecular complexity index is 830. The highest BCUT2D eigenvalue weighted by atomic mass is 127. The van der Waals surface area contributed by atoms with Gasteiger partial charge in [0.25, 0.3) is 0 Å². The monoisotopic (exact) mass is 498 g/mol. The van der Waals surface area contributed by atoms with Crippen LogP contribution in [0.5, 0.6) is 0 Å². The van der Waals surface area contributed by atoms with Crippen LogP contribution in [0, 0.1) is 5.92 Å². The van der Waals surface area contributed by atoms with Crippen LogP contribution in [0.15, 0.2) is 46.9 Å². The molecule has 0 bridgehead atoms. The number of hydrogen-bond donors (Lipinski definition) is 2. The van der Waals surface area contributed by atoms with E-state index in [-0.39, 0.29) is 24.0 Å². The van der Waals surface area contributed by atoms with Crippen molar-refractivity contribution in [1.82, 2.24) is 25.2 Å². The van der Waals surface area contributed by atoms with Gasteiger partial charge in [-0.2, -0.15) is 0 Å². The minimum absolute atomic E-state index is 0. The third kappa shape index (κ3) is 6.46. The van der Waals surface area contributed by atoms with Gasteiger partial charge >= 0.3 is 0 Å². The van der Waals surface area contributed by atoms with E-state index >= 15 is 0 Å².